The molecule has 0 bridgehead atoms. The first-order valence-electron chi connectivity index (χ1n) is 3.57. The summed E-state index contributed by atoms with van der Waals surface area (Å²) in [7, 11) is 1.68. The molecule has 3 heteroatoms. The Kier molecular flexibility index (Phi) is 6.43. The molecule has 0 aliphatic rings. The maximum absolute atomic E-state index is 10.4. The zero-order valence-corrected chi connectivity index (χ0v) is 6.72. The van der Waals surface area contributed by atoms with Crippen LogP contribution in [0.3, 0.4) is 0 Å². The number of nitrogens with two attached hydrogens (primary N) is 1. The van der Waals surface area contributed by atoms with Gasteiger partial charge < -0.3 is 10.1 Å². The van der Waals surface area contributed by atoms with Crippen LogP contribution in [0.5, 0.6) is 0 Å². The fraction of sp³-hybridized carbons (Fsp3) is 0.857. The van der Waals surface area contributed by atoms with Gasteiger partial charge in [0.1, 0.15) is 5.78 Å². The summed E-state index contributed by atoms with van der Waals surface area (Å²) in [4.78, 5) is 10.4. The largest absolute Gasteiger partial charge is 0.379 e. The van der Waals surface area contributed by atoms with Crippen molar-refractivity contribution in [2.24, 2.45) is 0 Å². The molecule has 10 heavy (non-hydrogen) atoms. The van der Waals surface area contributed by atoms with Crippen LogP contribution in [0.4, 0.5) is 0 Å². The van der Waals surface area contributed by atoms with Crippen LogP contribution in [0.15, 0.2) is 0 Å². The van der Waals surface area contributed by atoms with Gasteiger partial charge in [-0.15, -0.1) is 0 Å². The smallest absolute Gasteiger partial charge is 0.135 e. The summed E-state index contributed by atoms with van der Waals surface area (Å²) in [5.74, 6) is 0.258. The van der Waals surface area contributed by atoms with E-state index in [0.29, 0.717) is 6.42 Å². The van der Waals surface area contributed by atoms with Gasteiger partial charge in [-0.1, -0.05) is 0 Å². The number of quaternary nitrogens is 1. The Morgan fingerprint density at radius 1 is 1.50 bits per heavy atom. The number of ether oxygens (including phenoxy) is 1. The lowest BCUT2D eigenvalue weighted by atomic mass is 10.3. The highest BCUT2D eigenvalue weighted by molar-refractivity contribution is 5.75. The third kappa shape index (κ3) is 7.59. The first kappa shape index (κ1) is 9.59. The Balaban J connectivity index is 2.84. The fourth-order valence-corrected chi connectivity index (χ4v) is 0.651. The number of carbonyl (C=O) groups is 1. The maximum Gasteiger partial charge on any atom is 0.135 e. The number of hydrogen-bond acceptors (Lipinski definition) is 2. The van der Waals surface area contributed by atoms with Crippen molar-refractivity contribution in [3.8, 4) is 0 Å². The second-order valence-electron chi connectivity index (χ2n) is 2.31. The molecule has 0 aliphatic heterocycles. The highest BCUT2D eigenvalue weighted by Crippen LogP contribution is 1.72. The van der Waals surface area contributed by atoms with Crippen LogP contribution in [-0.4, -0.2) is 32.6 Å². The Bertz CT molecular complexity index is 93.6. The molecule has 0 aromatic carbocycles. The van der Waals surface area contributed by atoms with Gasteiger partial charge in [0.05, 0.1) is 26.1 Å². The molecule has 0 aromatic rings. The summed E-state index contributed by atoms with van der Waals surface area (Å²) in [6, 6.07) is 0. The van der Waals surface area contributed by atoms with Gasteiger partial charge in [-0.25, -0.2) is 0 Å². The lowest BCUT2D eigenvalue weighted by Gasteiger charge is -1.97. The molecule has 3 nitrogen and oxygen atoms in total. The van der Waals surface area contributed by atoms with E-state index in [1.165, 1.54) is 0 Å². The van der Waals surface area contributed by atoms with E-state index in [9.17, 15) is 4.79 Å². The molecule has 0 radical (unpaired) electrons. The second-order valence-corrected chi connectivity index (χ2v) is 2.31. The Morgan fingerprint density at radius 2 is 2.20 bits per heavy atom. The summed E-state index contributed by atoms with van der Waals surface area (Å²) in [6.07, 6.45) is 0.670. The molecule has 0 spiro atoms. The molecule has 0 aliphatic carbocycles. The molecule has 0 unspecified atom stereocenters. The summed E-state index contributed by atoms with van der Waals surface area (Å²) in [5.41, 5.74) is 0. The van der Waals surface area contributed by atoms with E-state index in [1.54, 1.807) is 14.0 Å². The number of methoxy groups -OCH3 is 1. The van der Waals surface area contributed by atoms with Gasteiger partial charge in [-0.2, -0.15) is 0 Å². The van der Waals surface area contributed by atoms with E-state index in [4.69, 9.17) is 4.74 Å². The van der Waals surface area contributed by atoms with Crippen LogP contribution in [0.2, 0.25) is 0 Å². The summed E-state index contributed by atoms with van der Waals surface area (Å²) in [6.45, 7) is 4.21. The van der Waals surface area contributed by atoms with E-state index in [2.05, 4.69) is 5.32 Å². The standard InChI is InChI=1S/C7H15NO2/c1-7(9)3-4-8-5-6-10-2/h8H,3-6H2,1-2H3/p+1. The number of ketones is 1. The van der Waals surface area contributed by atoms with E-state index in [-0.39, 0.29) is 5.78 Å². The minimum Gasteiger partial charge on any atom is -0.379 e. The quantitative estimate of drug-likeness (QED) is 0.497. The number of carbonyl (C=O) groups excluding carboxylic acids is 1. The third-order valence-electron chi connectivity index (χ3n) is 1.23. The van der Waals surface area contributed by atoms with E-state index >= 15 is 0 Å². The zero-order valence-electron chi connectivity index (χ0n) is 6.72. The summed E-state index contributed by atoms with van der Waals surface area (Å²) in [5, 5.41) is 2.09. The molecule has 0 fully saturated rings. The Morgan fingerprint density at radius 3 is 2.70 bits per heavy atom. The molecule has 60 valence electrons. The molecular formula is C7H16NO2+. The lowest BCUT2D eigenvalue weighted by molar-refractivity contribution is -0.655. The van der Waals surface area contributed by atoms with Crippen molar-refractivity contribution in [3.63, 3.8) is 0 Å². The van der Waals surface area contributed by atoms with E-state index in [1.807, 2.05) is 0 Å². The lowest BCUT2D eigenvalue weighted by Crippen LogP contribution is -2.85. The van der Waals surface area contributed by atoms with Crippen LogP contribution < -0.4 is 5.32 Å². The number of rotatable bonds is 6. The van der Waals surface area contributed by atoms with E-state index < -0.39 is 0 Å². The van der Waals surface area contributed by atoms with Crippen molar-refractivity contribution in [1.29, 1.82) is 0 Å². The van der Waals surface area contributed by atoms with Crippen LogP contribution in [0, 0.1) is 0 Å². The molecule has 0 atom stereocenters. The first-order valence-corrected chi connectivity index (χ1v) is 3.57. The average Bonchev–Trinajstić information content (AvgIpc) is 1.87. The topological polar surface area (TPSA) is 42.9 Å². The molecule has 0 heterocycles. The Labute approximate surface area is 61.8 Å². The predicted molar refractivity (Wildman–Crippen MR) is 38.8 cm³/mol. The van der Waals surface area contributed by atoms with Crippen LogP contribution >= 0.6 is 0 Å². The number of hydrogen-bond donors (Lipinski definition) is 1. The van der Waals surface area contributed by atoms with Gasteiger partial charge in [-0.3, -0.25) is 4.79 Å². The normalized spacial score (nSPS) is 9.80. The SMILES string of the molecule is COCC[NH2+]CCC(C)=O. The Hall–Kier alpha value is -0.410. The van der Waals surface area contributed by atoms with Crippen LogP contribution in [0.25, 0.3) is 0 Å². The minimum atomic E-state index is 0.258. The van der Waals surface area contributed by atoms with Crippen LogP contribution in [0.1, 0.15) is 13.3 Å². The first-order chi connectivity index (χ1) is 4.77. The zero-order chi connectivity index (χ0) is 7.82. The monoisotopic (exact) mass is 146 g/mol. The molecular weight excluding hydrogens is 130 g/mol. The minimum absolute atomic E-state index is 0.258. The molecule has 2 N–H and O–H groups in total. The highest BCUT2D eigenvalue weighted by atomic mass is 16.5. The van der Waals surface area contributed by atoms with Gasteiger partial charge in [-0.05, 0) is 6.92 Å². The fourth-order valence-electron chi connectivity index (χ4n) is 0.651. The molecule has 0 rings (SSSR count). The van der Waals surface area contributed by atoms with Crippen molar-refractivity contribution < 1.29 is 14.8 Å². The second kappa shape index (κ2) is 6.71. The van der Waals surface area contributed by atoms with Crippen LogP contribution in [-0.2, 0) is 9.53 Å². The molecule has 0 saturated carbocycles. The molecule has 0 amide bonds. The molecule has 0 saturated heterocycles. The van der Waals surface area contributed by atoms with Gasteiger partial charge >= 0.3 is 0 Å². The van der Waals surface area contributed by atoms with Gasteiger partial charge in [0.2, 0.25) is 0 Å². The van der Waals surface area contributed by atoms with Crippen molar-refractivity contribution in [1.82, 2.24) is 0 Å². The molecule has 0 aromatic heterocycles. The van der Waals surface area contributed by atoms with E-state index in [0.717, 1.165) is 19.7 Å². The van der Waals surface area contributed by atoms with Gasteiger partial charge in [0.15, 0.2) is 0 Å². The van der Waals surface area contributed by atoms with Gasteiger partial charge in [0, 0.05) is 7.11 Å². The average molecular weight is 146 g/mol. The number of Topliss-reactive ketones (excluding diaryl/α,β-unsaturated/α-hetero) is 1. The summed E-state index contributed by atoms with van der Waals surface area (Å²) < 4.78 is 4.83. The third-order valence-corrected chi connectivity index (χ3v) is 1.23. The van der Waals surface area contributed by atoms with Crippen molar-refractivity contribution in [2.45, 2.75) is 13.3 Å². The van der Waals surface area contributed by atoms with Crippen molar-refractivity contribution in [3.05, 3.63) is 0 Å². The van der Waals surface area contributed by atoms with Crippen molar-refractivity contribution in [2.75, 3.05) is 26.8 Å². The predicted octanol–water partition coefficient (Wildman–Crippen LogP) is -0.825. The summed E-state index contributed by atoms with van der Waals surface area (Å²) >= 11 is 0. The van der Waals surface area contributed by atoms with Gasteiger partial charge in [0.25, 0.3) is 0 Å². The highest BCUT2D eigenvalue weighted by Gasteiger charge is 1.93. The van der Waals surface area contributed by atoms with Crippen molar-refractivity contribution >= 4 is 5.78 Å². The maximum atomic E-state index is 10.4.